The summed E-state index contributed by atoms with van der Waals surface area (Å²) in [5.74, 6) is 1.20. The van der Waals surface area contributed by atoms with Crippen molar-refractivity contribution in [3.63, 3.8) is 0 Å². The van der Waals surface area contributed by atoms with Gasteiger partial charge in [0.1, 0.15) is 11.5 Å². The molecule has 10 heteroatoms. The third kappa shape index (κ3) is 4.10. The first-order valence-electron chi connectivity index (χ1n) is 10.2. The van der Waals surface area contributed by atoms with Gasteiger partial charge in [0, 0.05) is 17.3 Å². The molecule has 0 radical (unpaired) electrons. The van der Waals surface area contributed by atoms with Crippen molar-refractivity contribution in [2.75, 3.05) is 19.5 Å². The Morgan fingerprint density at radius 1 is 1.21 bits per heavy atom. The number of anilines is 1. The highest BCUT2D eigenvalue weighted by Crippen LogP contribution is 2.32. The lowest BCUT2D eigenvalue weighted by Gasteiger charge is -2.13. The highest BCUT2D eigenvalue weighted by molar-refractivity contribution is 6.06. The van der Waals surface area contributed by atoms with E-state index >= 15 is 0 Å². The number of carbonyl (C=O) groups excluding carboxylic acids is 1. The SMILES string of the molecule is CCc1c(C)nc(-n2nc(-c3ccco3)cc2NC(=O)c2cccc(OC)c2OC)[nH]c1=O. The maximum Gasteiger partial charge on any atom is 0.260 e. The van der Waals surface area contributed by atoms with Crippen molar-refractivity contribution in [3.8, 4) is 28.9 Å². The van der Waals surface area contributed by atoms with Gasteiger partial charge < -0.3 is 19.2 Å². The van der Waals surface area contributed by atoms with E-state index in [9.17, 15) is 9.59 Å². The number of aryl methyl sites for hydroxylation is 1. The van der Waals surface area contributed by atoms with Crippen LogP contribution >= 0.6 is 0 Å². The van der Waals surface area contributed by atoms with E-state index in [0.717, 1.165) is 0 Å². The van der Waals surface area contributed by atoms with E-state index in [2.05, 4.69) is 20.4 Å². The first kappa shape index (κ1) is 21.9. The molecule has 0 aliphatic heterocycles. The average molecular weight is 449 g/mol. The second-order valence-electron chi connectivity index (χ2n) is 7.11. The monoisotopic (exact) mass is 449 g/mol. The molecule has 1 aromatic carbocycles. The summed E-state index contributed by atoms with van der Waals surface area (Å²) in [6.45, 7) is 3.64. The summed E-state index contributed by atoms with van der Waals surface area (Å²) in [4.78, 5) is 32.9. The van der Waals surface area contributed by atoms with E-state index < -0.39 is 5.91 Å². The maximum absolute atomic E-state index is 13.2. The lowest BCUT2D eigenvalue weighted by Crippen LogP contribution is -2.22. The number of methoxy groups -OCH3 is 2. The first-order valence-corrected chi connectivity index (χ1v) is 10.2. The minimum absolute atomic E-state index is 0.167. The van der Waals surface area contributed by atoms with Crippen LogP contribution in [0.1, 0.15) is 28.5 Å². The van der Waals surface area contributed by atoms with Gasteiger partial charge in [0.25, 0.3) is 11.5 Å². The highest BCUT2D eigenvalue weighted by Gasteiger charge is 2.21. The van der Waals surface area contributed by atoms with Crippen molar-refractivity contribution >= 4 is 11.7 Å². The van der Waals surface area contributed by atoms with Gasteiger partial charge in [0.05, 0.1) is 26.0 Å². The molecule has 3 aromatic heterocycles. The fourth-order valence-electron chi connectivity index (χ4n) is 3.54. The molecule has 0 atom stereocenters. The van der Waals surface area contributed by atoms with Crippen LogP contribution in [0.5, 0.6) is 11.5 Å². The molecule has 0 bridgehead atoms. The Hall–Kier alpha value is -4.34. The maximum atomic E-state index is 13.2. The number of H-pyrrole nitrogens is 1. The quantitative estimate of drug-likeness (QED) is 0.443. The van der Waals surface area contributed by atoms with Crippen LogP contribution < -0.4 is 20.3 Å². The average Bonchev–Trinajstić information content (AvgIpc) is 3.48. The zero-order chi connectivity index (χ0) is 23.5. The standard InChI is InChI=1S/C23H23N5O5/c1-5-14-13(2)24-23(26-21(14)29)28-19(12-16(27-28)17-10-7-11-33-17)25-22(30)15-8-6-9-18(31-3)20(15)32-4/h6-12H,5H2,1-4H3,(H,25,30)(H,24,26,29). The van der Waals surface area contributed by atoms with E-state index in [1.165, 1.54) is 25.2 Å². The molecular weight excluding hydrogens is 426 g/mol. The molecule has 0 spiro atoms. The Bertz CT molecular complexity index is 1350. The number of hydrogen-bond acceptors (Lipinski definition) is 7. The van der Waals surface area contributed by atoms with E-state index in [1.807, 2.05) is 6.92 Å². The number of para-hydroxylation sites is 1. The van der Waals surface area contributed by atoms with Gasteiger partial charge in [-0.25, -0.2) is 4.98 Å². The number of carbonyl (C=O) groups is 1. The number of aromatic amines is 1. The zero-order valence-corrected chi connectivity index (χ0v) is 18.6. The van der Waals surface area contributed by atoms with Crippen LogP contribution in [-0.2, 0) is 6.42 Å². The number of furan rings is 1. The van der Waals surface area contributed by atoms with Gasteiger partial charge >= 0.3 is 0 Å². The van der Waals surface area contributed by atoms with Gasteiger partial charge in [0.15, 0.2) is 17.3 Å². The van der Waals surface area contributed by atoms with Crippen LogP contribution in [0.2, 0.25) is 0 Å². The fraction of sp³-hybridized carbons (Fsp3) is 0.217. The molecular formula is C23H23N5O5. The third-order valence-corrected chi connectivity index (χ3v) is 5.14. The summed E-state index contributed by atoms with van der Waals surface area (Å²) in [5.41, 5.74) is 1.62. The number of rotatable bonds is 7. The Kier molecular flexibility index (Phi) is 5.99. The van der Waals surface area contributed by atoms with Gasteiger partial charge in [0.2, 0.25) is 5.95 Å². The van der Waals surface area contributed by atoms with Gasteiger partial charge in [-0.3, -0.25) is 14.6 Å². The molecule has 33 heavy (non-hydrogen) atoms. The molecule has 4 aromatic rings. The van der Waals surface area contributed by atoms with Crippen molar-refractivity contribution in [2.45, 2.75) is 20.3 Å². The molecule has 2 N–H and O–H groups in total. The number of nitrogens with one attached hydrogen (secondary N) is 2. The Labute approximate surface area is 189 Å². The van der Waals surface area contributed by atoms with Gasteiger partial charge in [-0.15, -0.1) is 0 Å². The minimum Gasteiger partial charge on any atom is -0.493 e. The number of benzene rings is 1. The molecule has 0 unspecified atom stereocenters. The van der Waals surface area contributed by atoms with Crippen molar-refractivity contribution < 1.29 is 18.7 Å². The summed E-state index contributed by atoms with van der Waals surface area (Å²) in [6.07, 6.45) is 2.07. The predicted molar refractivity (Wildman–Crippen MR) is 121 cm³/mol. The molecule has 0 saturated heterocycles. The van der Waals surface area contributed by atoms with Crippen molar-refractivity contribution in [2.24, 2.45) is 0 Å². The molecule has 0 fully saturated rings. The predicted octanol–water partition coefficient (Wildman–Crippen LogP) is 3.36. The van der Waals surface area contributed by atoms with Gasteiger partial charge in [-0.2, -0.15) is 9.78 Å². The van der Waals surface area contributed by atoms with E-state index in [4.69, 9.17) is 13.9 Å². The lowest BCUT2D eigenvalue weighted by atomic mass is 10.1. The second kappa shape index (κ2) is 9.03. The number of hydrogen-bond donors (Lipinski definition) is 2. The summed E-state index contributed by atoms with van der Waals surface area (Å²) in [5, 5.41) is 7.33. The number of aromatic nitrogens is 4. The molecule has 4 rings (SSSR count). The van der Waals surface area contributed by atoms with Gasteiger partial charge in [-0.05, 0) is 37.6 Å². The minimum atomic E-state index is -0.456. The number of amides is 1. The number of ether oxygens (including phenoxy) is 2. The molecule has 170 valence electrons. The number of nitrogens with zero attached hydrogens (tertiary/aromatic N) is 3. The van der Waals surface area contributed by atoms with E-state index in [-0.39, 0.29) is 22.9 Å². The van der Waals surface area contributed by atoms with Gasteiger partial charge in [-0.1, -0.05) is 13.0 Å². The summed E-state index contributed by atoms with van der Waals surface area (Å²) < 4.78 is 17.5. The molecule has 0 aliphatic rings. The largest absolute Gasteiger partial charge is 0.493 e. The summed E-state index contributed by atoms with van der Waals surface area (Å²) in [6, 6.07) is 10.1. The Morgan fingerprint density at radius 3 is 2.67 bits per heavy atom. The van der Waals surface area contributed by atoms with Crippen LogP contribution in [0, 0.1) is 6.92 Å². The van der Waals surface area contributed by atoms with E-state index in [0.29, 0.717) is 40.6 Å². The van der Waals surface area contributed by atoms with Crippen molar-refractivity contribution in [1.29, 1.82) is 0 Å². The highest BCUT2D eigenvalue weighted by atomic mass is 16.5. The summed E-state index contributed by atoms with van der Waals surface area (Å²) in [7, 11) is 2.95. The molecule has 1 amide bonds. The van der Waals surface area contributed by atoms with Crippen LogP contribution in [0.25, 0.3) is 17.4 Å². The lowest BCUT2D eigenvalue weighted by molar-refractivity contribution is 0.102. The molecule has 10 nitrogen and oxygen atoms in total. The van der Waals surface area contributed by atoms with E-state index in [1.54, 1.807) is 43.3 Å². The first-order chi connectivity index (χ1) is 16.0. The smallest absolute Gasteiger partial charge is 0.260 e. The second-order valence-corrected chi connectivity index (χ2v) is 7.11. The topological polar surface area (TPSA) is 124 Å². The Balaban J connectivity index is 1.80. The molecule has 3 heterocycles. The van der Waals surface area contributed by atoms with Crippen LogP contribution in [0.4, 0.5) is 5.82 Å². The van der Waals surface area contributed by atoms with Crippen LogP contribution in [0.15, 0.2) is 51.9 Å². The molecule has 0 saturated carbocycles. The normalized spacial score (nSPS) is 10.8. The van der Waals surface area contributed by atoms with Crippen LogP contribution in [-0.4, -0.2) is 39.9 Å². The summed E-state index contributed by atoms with van der Waals surface area (Å²) >= 11 is 0. The van der Waals surface area contributed by atoms with Crippen LogP contribution in [0.3, 0.4) is 0 Å². The molecule has 0 aliphatic carbocycles. The Morgan fingerprint density at radius 2 is 2.03 bits per heavy atom. The zero-order valence-electron chi connectivity index (χ0n) is 18.6. The van der Waals surface area contributed by atoms with Crippen molar-refractivity contribution in [1.82, 2.24) is 19.7 Å². The fourth-order valence-corrected chi connectivity index (χ4v) is 3.54. The van der Waals surface area contributed by atoms with Crippen molar-refractivity contribution in [3.05, 3.63) is 69.8 Å². The third-order valence-electron chi connectivity index (χ3n) is 5.14.